The van der Waals surface area contributed by atoms with Crippen LogP contribution in [0.1, 0.15) is 32.1 Å². The first kappa shape index (κ1) is 14.4. The van der Waals surface area contributed by atoms with Gasteiger partial charge in [0.05, 0.1) is 0 Å². The molecule has 4 heteroatoms. The number of alkyl halides is 1. The number of likely N-dealkylation sites (tertiary alicyclic amines) is 2. The van der Waals surface area contributed by atoms with Crippen molar-refractivity contribution >= 4 is 0 Å². The van der Waals surface area contributed by atoms with Gasteiger partial charge in [-0.2, -0.15) is 0 Å². The molecular weight excluding hydrogens is 241 g/mol. The summed E-state index contributed by atoms with van der Waals surface area (Å²) in [4.78, 5) is 4.34. The SMILES string of the molecule is C=C(CN)N1C[C@@H](F)C[C@@H](N2CCCCCC2=C)C1. The van der Waals surface area contributed by atoms with Gasteiger partial charge in [0, 0.05) is 50.0 Å². The largest absolute Gasteiger partial charge is 0.370 e. The second kappa shape index (κ2) is 6.42. The van der Waals surface area contributed by atoms with Crippen molar-refractivity contribution in [2.75, 3.05) is 26.2 Å². The first-order chi connectivity index (χ1) is 9.11. The van der Waals surface area contributed by atoms with Crippen molar-refractivity contribution in [3.8, 4) is 0 Å². The van der Waals surface area contributed by atoms with Gasteiger partial charge in [0.25, 0.3) is 0 Å². The van der Waals surface area contributed by atoms with Crippen LogP contribution >= 0.6 is 0 Å². The summed E-state index contributed by atoms with van der Waals surface area (Å²) in [6.07, 6.45) is 4.50. The van der Waals surface area contributed by atoms with E-state index >= 15 is 0 Å². The van der Waals surface area contributed by atoms with Crippen molar-refractivity contribution in [1.82, 2.24) is 9.80 Å². The molecule has 0 radical (unpaired) electrons. The van der Waals surface area contributed by atoms with Crippen LogP contribution in [0, 0.1) is 0 Å². The van der Waals surface area contributed by atoms with Gasteiger partial charge in [-0.1, -0.05) is 19.6 Å². The van der Waals surface area contributed by atoms with Gasteiger partial charge < -0.3 is 15.5 Å². The van der Waals surface area contributed by atoms with Gasteiger partial charge >= 0.3 is 0 Å². The van der Waals surface area contributed by atoms with Crippen molar-refractivity contribution in [2.45, 2.75) is 44.3 Å². The Balaban J connectivity index is 2.05. The van der Waals surface area contributed by atoms with Crippen molar-refractivity contribution < 1.29 is 4.39 Å². The fourth-order valence-electron chi connectivity index (χ4n) is 3.16. The molecule has 3 nitrogen and oxygen atoms in total. The van der Waals surface area contributed by atoms with E-state index in [-0.39, 0.29) is 6.04 Å². The second-order valence-electron chi connectivity index (χ2n) is 5.73. The Morgan fingerprint density at radius 2 is 2.11 bits per heavy atom. The number of rotatable bonds is 3. The van der Waals surface area contributed by atoms with Crippen LogP contribution in [0.5, 0.6) is 0 Å². The molecular formula is C15H26FN3. The Bertz CT molecular complexity index is 342. The number of piperidine rings is 1. The molecule has 0 aromatic carbocycles. The van der Waals surface area contributed by atoms with E-state index in [0.717, 1.165) is 25.2 Å². The molecule has 19 heavy (non-hydrogen) atoms. The maximum absolute atomic E-state index is 14.0. The Hall–Kier alpha value is -1.03. The number of hydrogen-bond acceptors (Lipinski definition) is 3. The maximum atomic E-state index is 14.0. The summed E-state index contributed by atoms with van der Waals surface area (Å²) in [5, 5.41) is 0. The number of allylic oxidation sites excluding steroid dienone is 1. The summed E-state index contributed by atoms with van der Waals surface area (Å²) in [5.41, 5.74) is 7.65. The lowest BCUT2D eigenvalue weighted by Crippen LogP contribution is -2.51. The lowest BCUT2D eigenvalue weighted by molar-refractivity contribution is 0.0843. The summed E-state index contributed by atoms with van der Waals surface area (Å²) in [6, 6.07) is 0.220. The van der Waals surface area contributed by atoms with Crippen LogP contribution in [0.25, 0.3) is 0 Å². The van der Waals surface area contributed by atoms with E-state index in [1.807, 2.05) is 4.90 Å². The highest BCUT2D eigenvalue weighted by atomic mass is 19.1. The molecule has 2 rings (SSSR count). The molecule has 0 bridgehead atoms. The molecule has 2 heterocycles. The minimum Gasteiger partial charge on any atom is -0.370 e. The van der Waals surface area contributed by atoms with Crippen LogP contribution in [-0.2, 0) is 0 Å². The lowest BCUT2D eigenvalue weighted by atomic mass is 10.0. The van der Waals surface area contributed by atoms with E-state index in [1.54, 1.807) is 0 Å². The molecule has 2 aliphatic heterocycles. The van der Waals surface area contributed by atoms with Gasteiger partial charge in [0.15, 0.2) is 0 Å². The highest BCUT2D eigenvalue weighted by molar-refractivity contribution is 5.05. The second-order valence-corrected chi connectivity index (χ2v) is 5.73. The number of hydrogen-bond donors (Lipinski definition) is 1. The number of nitrogens with zero attached hydrogens (tertiary/aromatic N) is 2. The highest BCUT2D eigenvalue weighted by Crippen LogP contribution is 2.27. The molecule has 0 aromatic rings. The molecule has 108 valence electrons. The van der Waals surface area contributed by atoms with Gasteiger partial charge in [-0.3, -0.25) is 0 Å². The zero-order valence-electron chi connectivity index (χ0n) is 11.8. The van der Waals surface area contributed by atoms with Crippen LogP contribution in [0.3, 0.4) is 0 Å². The van der Waals surface area contributed by atoms with Gasteiger partial charge in [-0.05, 0) is 19.3 Å². The van der Waals surface area contributed by atoms with Crippen LogP contribution < -0.4 is 5.73 Å². The van der Waals surface area contributed by atoms with Crippen LogP contribution in [0.2, 0.25) is 0 Å². The monoisotopic (exact) mass is 267 g/mol. The Morgan fingerprint density at radius 1 is 1.32 bits per heavy atom. The molecule has 0 amide bonds. The summed E-state index contributed by atoms with van der Waals surface area (Å²) in [5.74, 6) is 0. The lowest BCUT2D eigenvalue weighted by Gasteiger charge is -2.43. The molecule has 0 unspecified atom stereocenters. The van der Waals surface area contributed by atoms with Gasteiger partial charge in [0.2, 0.25) is 0 Å². The summed E-state index contributed by atoms with van der Waals surface area (Å²) >= 11 is 0. The van der Waals surface area contributed by atoms with Gasteiger partial charge in [-0.25, -0.2) is 4.39 Å². The minimum atomic E-state index is -0.793. The average Bonchev–Trinajstić information content (AvgIpc) is 2.61. The molecule has 0 aromatic heterocycles. The quantitative estimate of drug-likeness (QED) is 0.851. The Morgan fingerprint density at radius 3 is 2.84 bits per heavy atom. The molecule has 2 fully saturated rings. The summed E-state index contributed by atoms with van der Waals surface area (Å²) < 4.78 is 14.0. The van der Waals surface area contributed by atoms with Crippen LogP contribution in [-0.4, -0.2) is 48.2 Å². The first-order valence-electron chi connectivity index (χ1n) is 7.33. The average molecular weight is 267 g/mol. The third-order valence-electron chi connectivity index (χ3n) is 4.27. The smallest absolute Gasteiger partial charge is 0.120 e. The van der Waals surface area contributed by atoms with E-state index < -0.39 is 6.17 Å². The molecule has 2 atom stereocenters. The third kappa shape index (κ3) is 3.50. The Labute approximate surface area is 115 Å². The minimum absolute atomic E-state index is 0.220. The molecule has 0 saturated carbocycles. The molecule has 2 N–H and O–H groups in total. The highest BCUT2D eigenvalue weighted by Gasteiger charge is 2.32. The van der Waals surface area contributed by atoms with Crippen molar-refractivity contribution in [2.24, 2.45) is 5.73 Å². The summed E-state index contributed by atoms with van der Waals surface area (Å²) in [7, 11) is 0. The fraction of sp³-hybridized carbons (Fsp3) is 0.733. The van der Waals surface area contributed by atoms with Crippen LogP contribution in [0.4, 0.5) is 4.39 Å². The normalized spacial score (nSPS) is 29.3. The standard InChI is InChI=1S/C15H26FN3/c1-12-6-4-3-5-7-19(12)15-8-14(16)10-18(11-15)13(2)9-17/h14-15H,1-11,17H2/t14-,15+/m0/s1. The predicted molar refractivity (Wildman–Crippen MR) is 77.4 cm³/mol. The number of nitrogens with two attached hydrogens (primary N) is 1. The van der Waals surface area contributed by atoms with E-state index in [2.05, 4.69) is 18.1 Å². The van der Waals surface area contributed by atoms with Crippen molar-refractivity contribution in [3.63, 3.8) is 0 Å². The Kier molecular flexibility index (Phi) is 4.86. The van der Waals surface area contributed by atoms with E-state index in [9.17, 15) is 4.39 Å². The number of halogens is 1. The van der Waals surface area contributed by atoms with Crippen molar-refractivity contribution in [1.29, 1.82) is 0 Å². The van der Waals surface area contributed by atoms with Crippen molar-refractivity contribution in [3.05, 3.63) is 24.6 Å². The fourth-order valence-corrected chi connectivity index (χ4v) is 3.16. The van der Waals surface area contributed by atoms with Crippen LogP contribution in [0.15, 0.2) is 24.6 Å². The molecule has 0 aliphatic carbocycles. The summed E-state index contributed by atoms with van der Waals surface area (Å²) in [6.45, 7) is 10.8. The third-order valence-corrected chi connectivity index (χ3v) is 4.27. The van der Waals surface area contributed by atoms with Gasteiger partial charge in [0.1, 0.15) is 6.17 Å². The molecule has 2 aliphatic rings. The topological polar surface area (TPSA) is 32.5 Å². The van der Waals surface area contributed by atoms with E-state index in [4.69, 9.17) is 5.73 Å². The molecule has 2 saturated heterocycles. The first-order valence-corrected chi connectivity index (χ1v) is 7.33. The van der Waals surface area contributed by atoms with E-state index in [0.29, 0.717) is 19.5 Å². The molecule has 0 spiro atoms. The zero-order chi connectivity index (χ0) is 13.8. The van der Waals surface area contributed by atoms with E-state index in [1.165, 1.54) is 25.0 Å². The van der Waals surface area contributed by atoms with Gasteiger partial charge in [-0.15, -0.1) is 0 Å². The maximum Gasteiger partial charge on any atom is 0.120 e. The zero-order valence-corrected chi connectivity index (χ0v) is 11.8. The predicted octanol–water partition coefficient (Wildman–Crippen LogP) is 2.26.